The first kappa shape index (κ1) is 21.7. The molecular weight excluding hydrogens is 482 g/mol. The van der Waals surface area contributed by atoms with E-state index in [1.807, 2.05) is 11.3 Å². The van der Waals surface area contributed by atoms with Crippen LogP contribution in [-0.2, 0) is 0 Å². The number of aromatic nitrogens is 1. The molecule has 0 spiro atoms. The number of para-hydroxylation sites is 3. The molecule has 0 saturated carbocycles. The van der Waals surface area contributed by atoms with E-state index >= 15 is 0 Å². The van der Waals surface area contributed by atoms with Gasteiger partial charge in [0.05, 0.1) is 22.6 Å². The first-order valence-electron chi connectivity index (χ1n) is 13.2. The van der Waals surface area contributed by atoms with Crippen LogP contribution in [0.1, 0.15) is 18.7 Å². The van der Waals surface area contributed by atoms with Crippen LogP contribution in [0.2, 0.25) is 0 Å². The molecule has 1 N–H and O–H groups in total. The van der Waals surface area contributed by atoms with Gasteiger partial charge >= 0.3 is 0 Å². The summed E-state index contributed by atoms with van der Waals surface area (Å²) in [4.78, 5) is 7.68. The van der Waals surface area contributed by atoms with Crippen molar-refractivity contribution in [2.75, 3.05) is 16.8 Å². The second-order valence-corrected chi connectivity index (χ2v) is 11.0. The molecule has 0 saturated heterocycles. The van der Waals surface area contributed by atoms with Crippen molar-refractivity contribution in [2.45, 2.75) is 13.1 Å². The molecule has 2 aromatic heterocycles. The Balaban J connectivity index is 1.37. The lowest BCUT2D eigenvalue weighted by Gasteiger charge is -2.26. The van der Waals surface area contributed by atoms with Gasteiger partial charge < -0.3 is 10.2 Å². The van der Waals surface area contributed by atoms with Gasteiger partial charge in [-0.05, 0) is 42.8 Å². The Bertz CT molecular complexity index is 2020. The summed E-state index contributed by atoms with van der Waals surface area (Å²) in [5, 5.41) is 10.1. The summed E-state index contributed by atoms with van der Waals surface area (Å²) in [6, 6.07) is 39.3. The number of hydrogen-bond donors (Lipinski definition) is 1. The van der Waals surface area contributed by atoms with Gasteiger partial charge in [-0.15, -0.1) is 11.3 Å². The molecule has 0 bridgehead atoms. The minimum Gasteiger partial charge on any atom is -0.360 e. The number of anilines is 2. The Morgan fingerprint density at radius 1 is 0.763 bits per heavy atom. The lowest BCUT2D eigenvalue weighted by Crippen LogP contribution is -2.27. The van der Waals surface area contributed by atoms with E-state index < -0.39 is 0 Å². The second kappa shape index (κ2) is 8.30. The average Bonchev–Trinajstić information content (AvgIpc) is 3.55. The van der Waals surface area contributed by atoms with Crippen LogP contribution >= 0.6 is 11.3 Å². The van der Waals surface area contributed by atoms with Gasteiger partial charge in [-0.3, -0.25) is 0 Å². The maximum absolute atomic E-state index is 5.25. The normalized spacial score (nSPS) is 15.0. The van der Waals surface area contributed by atoms with E-state index in [0.29, 0.717) is 0 Å². The van der Waals surface area contributed by atoms with Crippen molar-refractivity contribution in [2.24, 2.45) is 0 Å². The first-order valence-corrected chi connectivity index (χ1v) is 14.0. The van der Waals surface area contributed by atoms with Crippen LogP contribution in [0.25, 0.3) is 53.1 Å². The van der Waals surface area contributed by atoms with E-state index in [1.54, 1.807) is 0 Å². The van der Waals surface area contributed by atoms with Gasteiger partial charge in [0.2, 0.25) is 0 Å². The minimum absolute atomic E-state index is 0.0957. The van der Waals surface area contributed by atoms with Crippen molar-refractivity contribution in [3.63, 3.8) is 0 Å². The van der Waals surface area contributed by atoms with E-state index in [-0.39, 0.29) is 6.17 Å². The molecule has 0 radical (unpaired) electrons. The van der Waals surface area contributed by atoms with Gasteiger partial charge in [0, 0.05) is 48.4 Å². The third-order valence-corrected chi connectivity index (χ3v) is 9.05. The summed E-state index contributed by atoms with van der Waals surface area (Å²) < 4.78 is 2.66. The van der Waals surface area contributed by atoms with Gasteiger partial charge in [-0.25, -0.2) is 4.98 Å². The molecular formula is C34H25N3S. The Kier molecular flexibility index (Phi) is 4.73. The fraction of sp³-hybridized carbons (Fsp3) is 0.0882. The number of hydrogen-bond acceptors (Lipinski definition) is 4. The summed E-state index contributed by atoms with van der Waals surface area (Å²) in [6.45, 7) is 3.15. The van der Waals surface area contributed by atoms with Gasteiger partial charge in [-0.1, -0.05) is 78.9 Å². The van der Waals surface area contributed by atoms with Crippen LogP contribution in [0, 0.1) is 0 Å². The zero-order chi connectivity index (χ0) is 25.2. The standard InChI is InChI=1S/C34H25N3S/c1-2-37-29-16-7-6-15-28(29)36-34(37)22-11-9-10-21(20-22)32-26-19-18-24-23-12-4-8-17-30(23)38-33(24)31(26)25-13-3-5-14-27(25)35-32/h3-20,34,36H,2H2,1H3. The summed E-state index contributed by atoms with van der Waals surface area (Å²) in [7, 11) is 0. The number of fused-ring (bicyclic) bond motifs is 8. The number of nitrogens with zero attached hydrogens (tertiary/aromatic N) is 2. The zero-order valence-corrected chi connectivity index (χ0v) is 21.8. The molecule has 8 rings (SSSR count). The predicted molar refractivity (Wildman–Crippen MR) is 163 cm³/mol. The molecule has 1 atom stereocenters. The van der Waals surface area contributed by atoms with Gasteiger partial charge in [-0.2, -0.15) is 0 Å². The number of rotatable bonds is 3. The molecule has 0 aliphatic carbocycles. The molecule has 5 aromatic carbocycles. The number of benzene rings is 5. The highest BCUT2D eigenvalue weighted by Crippen LogP contribution is 2.44. The van der Waals surface area contributed by atoms with E-state index in [2.05, 4.69) is 126 Å². The fourth-order valence-electron chi connectivity index (χ4n) is 6.12. The van der Waals surface area contributed by atoms with Crippen LogP contribution in [0.3, 0.4) is 0 Å². The van der Waals surface area contributed by atoms with Crippen molar-refractivity contribution in [3.8, 4) is 11.3 Å². The third-order valence-electron chi connectivity index (χ3n) is 7.84. The van der Waals surface area contributed by atoms with E-state index in [1.165, 1.54) is 53.3 Å². The van der Waals surface area contributed by atoms with Crippen LogP contribution in [0.5, 0.6) is 0 Å². The highest BCUT2D eigenvalue weighted by atomic mass is 32.1. The maximum atomic E-state index is 5.25. The highest BCUT2D eigenvalue weighted by molar-refractivity contribution is 7.26. The fourth-order valence-corrected chi connectivity index (χ4v) is 7.38. The monoisotopic (exact) mass is 507 g/mol. The quantitative estimate of drug-likeness (QED) is 0.241. The molecule has 0 amide bonds. The van der Waals surface area contributed by atoms with Crippen molar-refractivity contribution in [1.82, 2.24) is 4.98 Å². The van der Waals surface area contributed by atoms with E-state index in [0.717, 1.165) is 23.3 Å². The average molecular weight is 508 g/mol. The SMILES string of the molecule is CCN1c2ccccc2NC1c1cccc(-c2nc3ccccc3c3c2ccc2c4ccccc4sc23)c1. The van der Waals surface area contributed by atoms with Crippen LogP contribution in [0.15, 0.2) is 109 Å². The topological polar surface area (TPSA) is 28.2 Å². The van der Waals surface area contributed by atoms with Crippen molar-refractivity contribution >= 4 is 64.6 Å². The van der Waals surface area contributed by atoms with Crippen LogP contribution in [0.4, 0.5) is 11.4 Å². The molecule has 4 heteroatoms. The molecule has 182 valence electrons. The van der Waals surface area contributed by atoms with Crippen LogP contribution < -0.4 is 10.2 Å². The Labute approximate surface area is 225 Å². The molecule has 1 unspecified atom stereocenters. The van der Waals surface area contributed by atoms with Crippen molar-refractivity contribution < 1.29 is 0 Å². The highest BCUT2D eigenvalue weighted by Gasteiger charge is 2.28. The number of nitrogens with one attached hydrogen (secondary N) is 1. The summed E-state index contributed by atoms with van der Waals surface area (Å²) in [5.74, 6) is 0. The predicted octanol–water partition coefficient (Wildman–Crippen LogP) is 9.37. The molecule has 1 aliphatic heterocycles. The van der Waals surface area contributed by atoms with Gasteiger partial charge in [0.25, 0.3) is 0 Å². The molecule has 38 heavy (non-hydrogen) atoms. The molecule has 0 fully saturated rings. The van der Waals surface area contributed by atoms with Crippen molar-refractivity contribution in [3.05, 3.63) is 115 Å². The Morgan fingerprint density at radius 3 is 2.47 bits per heavy atom. The van der Waals surface area contributed by atoms with Gasteiger partial charge in [0.1, 0.15) is 6.17 Å². The second-order valence-electron chi connectivity index (χ2n) is 9.92. The molecule has 3 nitrogen and oxygen atoms in total. The summed E-state index contributed by atoms with van der Waals surface area (Å²) >= 11 is 1.89. The number of pyridine rings is 1. The van der Waals surface area contributed by atoms with Crippen molar-refractivity contribution in [1.29, 1.82) is 0 Å². The van der Waals surface area contributed by atoms with E-state index in [4.69, 9.17) is 4.98 Å². The Hall–Kier alpha value is -4.41. The van der Waals surface area contributed by atoms with Crippen LogP contribution in [-0.4, -0.2) is 11.5 Å². The summed E-state index contributed by atoms with van der Waals surface area (Å²) in [5.41, 5.74) is 6.91. The van der Waals surface area contributed by atoms with E-state index in [9.17, 15) is 0 Å². The Morgan fingerprint density at radius 2 is 1.55 bits per heavy atom. The maximum Gasteiger partial charge on any atom is 0.126 e. The minimum atomic E-state index is 0.0957. The molecule has 7 aromatic rings. The van der Waals surface area contributed by atoms with Gasteiger partial charge in [0.15, 0.2) is 0 Å². The largest absolute Gasteiger partial charge is 0.360 e. The molecule has 3 heterocycles. The number of thiophene rings is 1. The smallest absolute Gasteiger partial charge is 0.126 e. The lowest BCUT2D eigenvalue weighted by molar-refractivity contribution is 0.735. The lowest BCUT2D eigenvalue weighted by atomic mass is 9.97. The summed E-state index contributed by atoms with van der Waals surface area (Å²) in [6.07, 6.45) is 0.0957. The first-order chi connectivity index (χ1) is 18.8. The third kappa shape index (κ3) is 3.10. The zero-order valence-electron chi connectivity index (χ0n) is 21.0. The molecule has 1 aliphatic rings.